The lowest BCUT2D eigenvalue weighted by atomic mass is 9.96. The van der Waals surface area contributed by atoms with Gasteiger partial charge in [0.15, 0.2) is 5.96 Å². The van der Waals surface area contributed by atoms with Gasteiger partial charge < -0.3 is 64.6 Å². The number of aliphatic hydroxyl groups is 1. The Morgan fingerprint density at radius 1 is 0.656 bits per heavy atom. The summed E-state index contributed by atoms with van der Waals surface area (Å²) in [5.74, 6) is -7.37. The Kier molecular flexibility index (Phi) is 22.8. The number of nitrogens with one attached hydrogen (secondary N) is 7. The maximum atomic E-state index is 13.8. The Labute approximate surface area is 356 Å². The van der Waals surface area contributed by atoms with Gasteiger partial charge in [-0.1, -0.05) is 66.5 Å². The monoisotopic (exact) mass is 862 g/mol. The van der Waals surface area contributed by atoms with Gasteiger partial charge in [-0.2, -0.15) is 0 Å². The number of nitrogens with two attached hydrogens (primary N) is 3. The first-order valence-corrected chi connectivity index (χ1v) is 20.4. The largest absolute Gasteiger partial charge is 0.508 e. The van der Waals surface area contributed by atoms with Crippen LogP contribution in [0.2, 0.25) is 0 Å². The van der Waals surface area contributed by atoms with Gasteiger partial charge in [-0.25, -0.2) is 0 Å². The molecule has 1 aromatic rings. The number of aliphatic imine (C=N–C) groups is 1. The minimum absolute atomic E-state index is 0.0371. The predicted molar refractivity (Wildman–Crippen MR) is 227 cm³/mol. The normalized spacial score (nSPS) is 15.4. The quantitative estimate of drug-likeness (QED) is 0.0265. The minimum atomic E-state index is -1.64. The molecule has 0 fully saturated rings. The molecule has 9 atom stereocenters. The summed E-state index contributed by atoms with van der Waals surface area (Å²) in [5, 5.41) is 38.2. The molecule has 0 aliphatic rings. The maximum absolute atomic E-state index is 13.8. The molecule has 0 aromatic heterocycles. The van der Waals surface area contributed by atoms with E-state index in [-0.39, 0.29) is 49.4 Å². The zero-order chi connectivity index (χ0) is 46.6. The molecule has 61 heavy (non-hydrogen) atoms. The zero-order valence-corrected chi connectivity index (χ0v) is 36.4. The van der Waals surface area contributed by atoms with Crippen molar-refractivity contribution >= 4 is 53.2 Å². The molecule has 0 radical (unpaired) electrons. The van der Waals surface area contributed by atoms with Crippen molar-refractivity contribution in [3.05, 3.63) is 29.8 Å². The van der Waals surface area contributed by atoms with E-state index in [0.717, 1.165) is 0 Å². The summed E-state index contributed by atoms with van der Waals surface area (Å²) in [5.41, 5.74) is 16.8. The molecule has 0 aliphatic carbocycles. The number of amides is 8. The number of phenolic OH excluding ortho intramolecular Hbond substituents is 1. The van der Waals surface area contributed by atoms with Gasteiger partial charge in [-0.3, -0.25) is 43.3 Å². The molecule has 0 unspecified atom stereocenters. The van der Waals surface area contributed by atoms with Gasteiger partial charge in [0.05, 0.1) is 12.6 Å². The van der Waals surface area contributed by atoms with Crippen LogP contribution in [-0.2, 0) is 44.8 Å². The van der Waals surface area contributed by atoms with Crippen molar-refractivity contribution in [3.8, 4) is 5.75 Å². The van der Waals surface area contributed by atoms with Crippen LogP contribution in [0.25, 0.3) is 0 Å². The Morgan fingerprint density at radius 2 is 1.18 bits per heavy atom. The van der Waals surface area contributed by atoms with Crippen LogP contribution in [0, 0.1) is 17.8 Å². The highest BCUT2D eigenvalue weighted by Crippen LogP contribution is 2.14. The molecule has 8 amide bonds. The first kappa shape index (κ1) is 53.0. The van der Waals surface area contributed by atoms with E-state index < -0.39 is 102 Å². The summed E-state index contributed by atoms with van der Waals surface area (Å²) >= 11 is 0. The number of nitrogens with zero attached hydrogens (tertiary/aromatic N) is 1. The van der Waals surface area contributed by atoms with Crippen LogP contribution in [0.5, 0.6) is 5.75 Å². The average molecular weight is 862 g/mol. The first-order chi connectivity index (χ1) is 28.5. The molecule has 0 saturated heterocycles. The lowest BCUT2D eigenvalue weighted by molar-refractivity contribution is -0.137. The Bertz CT molecular complexity index is 1690. The number of carbonyl (C=O) groups excluding carboxylic acids is 8. The average Bonchev–Trinajstić information content (AvgIpc) is 3.19. The molecule has 21 nitrogen and oxygen atoms in total. The van der Waals surface area contributed by atoms with Crippen molar-refractivity contribution in [1.29, 1.82) is 0 Å². The lowest BCUT2D eigenvalue weighted by Crippen LogP contribution is -2.62. The highest BCUT2D eigenvalue weighted by atomic mass is 16.3. The van der Waals surface area contributed by atoms with Crippen molar-refractivity contribution in [1.82, 2.24) is 37.2 Å². The van der Waals surface area contributed by atoms with Gasteiger partial charge in [0.1, 0.15) is 42.0 Å². The second-order valence-electron chi connectivity index (χ2n) is 15.5. The predicted octanol–water partition coefficient (Wildman–Crippen LogP) is -2.35. The van der Waals surface area contributed by atoms with E-state index in [0.29, 0.717) is 18.4 Å². The summed E-state index contributed by atoms with van der Waals surface area (Å²) in [6.07, 6.45) is -0.340. The van der Waals surface area contributed by atoms with E-state index in [9.17, 15) is 48.6 Å². The van der Waals surface area contributed by atoms with Crippen molar-refractivity contribution in [2.45, 2.75) is 130 Å². The first-order valence-electron chi connectivity index (χ1n) is 20.4. The van der Waals surface area contributed by atoms with Crippen LogP contribution >= 0.6 is 0 Å². The fourth-order valence-corrected chi connectivity index (χ4v) is 5.98. The number of hydrogen-bond donors (Lipinski definition) is 12. The molecule has 342 valence electrons. The number of primary amides is 1. The molecule has 1 rings (SSSR count). The third-order valence-corrected chi connectivity index (χ3v) is 10.0. The number of rotatable bonds is 26. The molecule has 0 aliphatic heterocycles. The topological polar surface area (TPSA) is 352 Å². The Hall–Kier alpha value is -5.99. The standard InChI is InChI=1S/C40H67N11O10/c1-9-21(5)31(34(41)56)50-36(58)27(12-11-17-44-40(42)43)47-29(55)19-45-35(57)28(18-25-13-15-26(54)16-14-25)48-39(61)33(23(7)52)51-37(59)30(20(3)4)49-38(60)32(22(6)10-2)46-24(8)53/h13-16,20-23,27-28,30-33,52,54H,9-12,17-19H2,1-8H3,(H2,41,56)(H,45,57)(H,46,53)(H,47,55)(H,48,61)(H,49,60)(H,50,58)(H,51,59)(H4,42,43,44)/t21-,22-,23+,27-,28-,30-,31-,32-,33-/m0/s1. The summed E-state index contributed by atoms with van der Waals surface area (Å²) in [6.45, 7) is 12.4. The van der Waals surface area contributed by atoms with Crippen molar-refractivity contribution in [2.24, 2.45) is 39.9 Å². The summed E-state index contributed by atoms with van der Waals surface area (Å²) in [7, 11) is 0. The number of carbonyl (C=O) groups is 8. The van der Waals surface area contributed by atoms with Gasteiger partial charge in [-0.05, 0) is 55.2 Å². The number of aromatic hydroxyl groups is 1. The number of hydrogen-bond acceptors (Lipinski definition) is 11. The Morgan fingerprint density at radius 3 is 1.69 bits per heavy atom. The molecular weight excluding hydrogens is 795 g/mol. The number of benzene rings is 1. The summed E-state index contributed by atoms with van der Waals surface area (Å²) < 4.78 is 0. The number of aliphatic hydroxyl groups excluding tert-OH is 1. The highest BCUT2D eigenvalue weighted by molar-refractivity contribution is 5.97. The molecule has 0 heterocycles. The lowest BCUT2D eigenvalue weighted by Gasteiger charge is -2.30. The van der Waals surface area contributed by atoms with Gasteiger partial charge in [0.25, 0.3) is 0 Å². The fourth-order valence-electron chi connectivity index (χ4n) is 5.98. The fraction of sp³-hybridized carbons (Fsp3) is 0.625. The number of guanidine groups is 1. The van der Waals surface area contributed by atoms with E-state index in [1.54, 1.807) is 27.7 Å². The third kappa shape index (κ3) is 18.9. The smallest absolute Gasteiger partial charge is 0.245 e. The number of phenols is 1. The van der Waals surface area contributed by atoms with Gasteiger partial charge in [-0.15, -0.1) is 0 Å². The van der Waals surface area contributed by atoms with Crippen LogP contribution in [-0.4, -0.2) is 119 Å². The third-order valence-electron chi connectivity index (χ3n) is 10.0. The molecule has 21 heteroatoms. The molecule has 0 bridgehead atoms. The summed E-state index contributed by atoms with van der Waals surface area (Å²) in [4.78, 5) is 109. The molecular formula is C40H67N11O10. The van der Waals surface area contributed by atoms with E-state index >= 15 is 0 Å². The van der Waals surface area contributed by atoms with E-state index in [2.05, 4.69) is 42.2 Å². The zero-order valence-electron chi connectivity index (χ0n) is 36.4. The summed E-state index contributed by atoms with van der Waals surface area (Å²) in [6, 6.07) is -1.71. The van der Waals surface area contributed by atoms with E-state index in [1.165, 1.54) is 38.1 Å². The molecule has 15 N–H and O–H groups in total. The van der Waals surface area contributed by atoms with E-state index in [1.807, 2.05) is 13.8 Å². The second kappa shape index (κ2) is 26.3. The van der Waals surface area contributed by atoms with Crippen molar-refractivity contribution < 1.29 is 48.6 Å². The minimum Gasteiger partial charge on any atom is -0.508 e. The van der Waals surface area contributed by atoms with Crippen molar-refractivity contribution in [2.75, 3.05) is 13.1 Å². The maximum Gasteiger partial charge on any atom is 0.245 e. The molecule has 0 spiro atoms. The second-order valence-corrected chi connectivity index (χ2v) is 15.5. The van der Waals surface area contributed by atoms with Gasteiger partial charge in [0.2, 0.25) is 47.3 Å². The molecule has 0 saturated carbocycles. The highest BCUT2D eigenvalue weighted by Gasteiger charge is 2.36. The van der Waals surface area contributed by atoms with Gasteiger partial charge in [0, 0.05) is 19.9 Å². The molecule has 1 aromatic carbocycles. The van der Waals surface area contributed by atoms with Crippen LogP contribution in [0.3, 0.4) is 0 Å². The Balaban J connectivity index is 3.30. The SMILES string of the molecule is CC[C@H](C)[C@H](NC(=O)[C@H](CCCN=C(N)N)NC(=O)CNC(=O)[C@H](Cc1ccc(O)cc1)NC(=O)[C@@H](NC(=O)[C@@H](NC(=O)[C@@H](NC(C)=O)[C@@H](C)CC)C(C)C)[C@@H](C)O)C(N)=O. The van der Waals surface area contributed by atoms with Crippen LogP contribution in [0.1, 0.15) is 86.6 Å². The van der Waals surface area contributed by atoms with Crippen LogP contribution in [0.15, 0.2) is 29.3 Å². The van der Waals surface area contributed by atoms with Gasteiger partial charge >= 0.3 is 0 Å². The van der Waals surface area contributed by atoms with E-state index in [4.69, 9.17) is 17.2 Å². The van der Waals surface area contributed by atoms with Crippen LogP contribution in [0.4, 0.5) is 0 Å². The van der Waals surface area contributed by atoms with Crippen LogP contribution < -0.4 is 54.4 Å². The van der Waals surface area contributed by atoms with Crippen molar-refractivity contribution in [3.63, 3.8) is 0 Å².